The zero-order chi connectivity index (χ0) is 15.3. The summed E-state index contributed by atoms with van der Waals surface area (Å²) in [5.74, 6) is 0.652. The molecule has 1 N–H and O–H groups in total. The minimum atomic E-state index is -3.47. The third-order valence-corrected chi connectivity index (χ3v) is 4.84. The van der Waals surface area contributed by atoms with Crippen LogP contribution in [0.4, 0.5) is 0 Å². The van der Waals surface area contributed by atoms with Crippen LogP contribution in [0.5, 0.6) is 5.75 Å². The fraction of sp³-hybridized carbons (Fsp3) is 0.333. The van der Waals surface area contributed by atoms with Gasteiger partial charge in [-0.2, -0.15) is 0 Å². The van der Waals surface area contributed by atoms with Gasteiger partial charge in [0.2, 0.25) is 10.0 Å². The van der Waals surface area contributed by atoms with Crippen LogP contribution in [-0.4, -0.2) is 26.6 Å². The molecule has 0 aliphatic rings. The maximum Gasteiger partial charge on any atom is 0.240 e. The number of nitrogens with zero attached hydrogens (tertiary/aromatic N) is 1. The van der Waals surface area contributed by atoms with Gasteiger partial charge in [0.1, 0.15) is 5.75 Å². The van der Waals surface area contributed by atoms with Crippen LogP contribution in [0.2, 0.25) is 0 Å². The molecule has 21 heavy (non-hydrogen) atoms. The van der Waals surface area contributed by atoms with Gasteiger partial charge in [0.15, 0.2) is 0 Å². The number of aryl methyl sites for hydroxylation is 2. The van der Waals surface area contributed by atoms with Crippen molar-refractivity contribution >= 4 is 10.0 Å². The molecule has 5 nitrogen and oxygen atoms in total. The monoisotopic (exact) mass is 308 g/mol. The maximum absolute atomic E-state index is 12.3. The second-order valence-corrected chi connectivity index (χ2v) is 6.54. The lowest BCUT2D eigenvalue weighted by atomic mass is 10.2. The van der Waals surface area contributed by atoms with Crippen molar-refractivity contribution in [2.75, 3.05) is 13.7 Å². The number of rotatable bonds is 7. The standard InChI is InChI=1S/C15H20N2O3S/c1-13-12-14(20-2)6-7-15(13)21(18,19)16-8-5-11-17-9-3-4-10-17/h3-4,6-7,9-10,12,16H,5,8,11H2,1-2H3. The van der Waals surface area contributed by atoms with Gasteiger partial charge < -0.3 is 9.30 Å². The molecule has 0 aliphatic carbocycles. The topological polar surface area (TPSA) is 60.3 Å². The van der Waals surface area contributed by atoms with Crippen LogP contribution in [0, 0.1) is 6.92 Å². The van der Waals surface area contributed by atoms with E-state index in [1.165, 1.54) is 0 Å². The Kier molecular flexibility index (Phi) is 5.03. The van der Waals surface area contributed by atoms with Crippen LogP contribution in [-0.2, 0) is 16.6 Å². The van der Waals surface area contributed by atoms with Crippen molar-refractivity contribution in [2.24, 2.45) is 0 Å². The summed E-state index contributed by atoms with van der Waals surface area (Å²) in [4.78, 5) is 0.296. The highest BCUT2D eigenvalue weighted by atomic mass is 32.2. The van der Waals surface area contributed by atoms with Gasteiger partial charge >= 0.3 is 0 Å². The Morgan fingerprint density at radius 3 is 2.57 bits per heavy atom. The summed E-state index contributed by atoms with van der Waals surface area (Å²) in [7, 11) is -1.91. The Morgan fingerprint density at radius 1 is 1.24 bits per heavy atom. The zero-order valence-corrected chi connectivity index (χ0v) is 13.1. The van der Waals surface area contributed by atoms with Crippen LogP contribution >= 0.6 is 0 Å². The van der Waals surface area contributed by atoms with Crippen molar-refractivity contribution < 1.29 is 13.2 Å². The first-order valence-electron chi connectivity index (χ1n) is 6.78. The SMILES string of the molecule is COc1ccc(S(=O)(=O)NCCCn2cccc2)c(C)c1. The van der Waals surface area contributed by atoms with Crippen molar-refractivity contribution in [1.82, 2.24) is 9.29 Å². The molecule has 1 aromatic heterocycles. The Hall–Kier alpha value is -1.79. The fourth-order valence-corrected chi connectivity index (χ4v) is 3.41. The maximum atomic E-state index is 12.3. The Morgan fingerprint density at radius 2 is 1.95 bits per heavy atom. The molecule has 0 aliphatic heterocycles. The van der Waals surface area contributed by atoms with Gasteiger partial charge in [0.25, 0.3) is 0 Å². The lowest BCUT2D eigenvalue weighted by Crippen LogP contribution is -2.26. The highest BCUT2D eigenvalue weighted by Crippen LogP contribution is 2.20. The van der Waals surface area contributed by atoms with E-state index in [4.69, 9.17) is 4.74 Å². The van der Waals surface area contributed by atoms with Crippen molar-refractivity contribution in [3.05, 3.63) is 48.3 Å². The molecule has 0 saturated carbocycles. The van der Waals surface area contributed by atoms with Crippen LogP contribution < -0.4 is 9.46 Å². The summed E-state index contributed by atoms with van der Waals surface area (Å²) >= 11 is 0. The summed E-state index contributed by atoms with van der Waals surface area (Å²) in [6.07, 6.45) is 4.66. The van der Waals surface area contributed by atoms with Gasteiger partial charge in [0.05, 0.1) is 12.0 Å². The predicted molar refractivity (Wildman–Crippen MR) is 82.0 cm³/mol. The van der Waals surface area contributed by atoms with E-state index in [0.717, 1.165) is 13.0 Å². The van der Waals surface area contributed by atoms with Gasteiger partial charge in [0, 0.05) is 25.5 Å². The molecule has 6 heteroatoms. The third-order valence-electron chi connectivity index (χ3n) is 3.22. The molecule has 114 valence electrons. The molecule has 0 bridgehead atoms. The van der Waals surface area contributed by atoms with Crippen molar-refractivity contribution in [1.29, 1.82) is 0 Å². The first-order chi connectivity index (χ1) is 10.0. The molecule has 0 amide bonds. The molecule has 0 spiro atoms. The lowest BCUT2D eigenvalue weighted by Gasteiger charge is -2.10. The Balaban J connectivity index is 1.95. The Labute approximate surface area is 125 Å². The molecule has 0 saturated heterocycles. The number of hydrogen-bond donors (Lipinski definition) is 1. The van der Waals surface area contributed by atoms with E-state index in [1.54, 1.807) is 32.2 Å². The zero-order valence-electron chi connectivity index (χ0n) is 12.2. The molecular weight excluding hydrogens is 288 g/mol. The van der Waals surface area contributed by atoms with Crippen molar-refractivity contribution in [2.45, 2.75) is 24.8 Å². The van der Waals surface area contributed by atoms with Gasteiger partial charge in [-0.15, -0.1) is 0 Å². The van der Waals surface area contributed by atoms with E-state index in [9.17, 15) is 8.42 Å². The van der Waals surface area contributed by atoms with Crippen LogP contribution in [0.3, 0.4) is 0 Å². The van der Waals surface area contributed by atoms with Crippen molar-refractivity contribution in [3.8, 4) is 5.75 Å². The summed E-state index contributed by atoms with van der Waals surface area (Å²) in [5.41, 5.74) is 0.673. The second-order valence-electron chi connectivity index (χ2n) is 4.80. The normalized spacial score (nSPS) is 11.5. The number of methoxy groups -OCH3 is 1. The average Bonchev–Trinajstić information content (AvgIpc) is 2.96. The molecule has 2 rings (SSSR count). The quantitative estimate of drug-likeness (QED) is 0.798. The molecule has 2 aromatic rings. The minimum Gasteiger partial charge on any atom is -0.497 e. The van der Waals surface area contributed by atoms with Crippen LogP contribution in [0.15, 0.2) is 47.6 Å². The second kappa shape index (κ2) is 6.78. The number of aromatic nitrogens is 1. The van der Waals surface area contributed by atoms with E-state index in [2.05, 4.69) is 4.72 Å². The van der Waals surface area contributed by atoms with Gasteiger partial charge in [-0.05, 0) is 49.2 Å². The molecule has 1 heterocycles. The van der Waals surface area contributed by atoms with E-state index in [-0.39, 0.29) is 0 Å². The first kappa shape index (κ1) is 15.6. The third kappa shape index (κ3) is 4.09. The van der Waals surface area contributed by atoms with Crippen LogP contribution in [0.1, 0.15) is 12.0 Å². The summed E-state index contributed by atoms with van der Waals surface area (Å²) in [5, 5.41) is 0. The van der Waals surface area contributed by atoms with E-state index < -0.39 is 10.0 Å². The lowest BCUT2D eigenvalue weighted by molar-refractivity contribution is 0.414. The van der Waals surface area contributed by atoms with Gasteiger partial charge in [-0.3, -0.25) is 0 Å². The molecule has 0 fully saturated rings. The molecule has 0 radical (unpaired) electrons. The summed E-state index contributed by atoms with van der Waals surface area (Å²) in [6.45, 7) is 2.96. The van der Waals surface area contributed by atoms with Gasteiger partial charge in [-0.25, -0.2) is 13.1 Å². The fourth-order valence-electron chi connectivity index (χ4n) is 2.12. The number of hydrogen-bond acceptors (Lipinski definition) is 3. The molecule has 0 atom stereocenters. The van der Waals surface area contributed by atoms with Gasteiger partial charge in [-0.1, -0.05) is 0 Å². The van der Waals surface area contributed by atoms with Crippen molar-refractivity contribution in [3.63, 3.8) is 0 Å². The molecule has 0 unspecified atom stereocenters. The molecular formula is C15H20N2O3S. The van der Waals surface area contributed by atoms with E-state index in [1.807, 2.05) is 29.1 Å². The highest BCUT2D eigenvalue weighted by Gasteiger charge is 2.16. The summed E-state index contributed by atoms with van der Waals surface area (Å²) in [6, 6.07) is 8.84. The molecule has 1 aromatic carbocycles. The Bertz CT molecular complexity index is 679. The average molecular weight is 308 g/mol. The summed E-state index contributed by atoms with van der Waals surface area (Å²) < 4.78 is 34.2. The number of nitrogens with one attached hydrogen (secondary N) is 1. The van der Waals surface area contributed by atoms with E-state index >= 15 is 0 Å². The van der Waals surface area contributed by atoms with Crippen LogP contribution in [0.25, 0.3) is 0 Å². The highest BCUT2D eigenvalue weighted by molar-refractivity contribution is 7.89. The minimum absolute atomic E-state index is 0.296. The predicted octanol–water partition coefficient (Wildman–Crippen LogP) is 2.17. The smallest absolute Gasteiger partial charge is 0.240 e. The van der Waals surface area contributed by atoms with E-state index in [0.29, 0.717) is 22.8 Å². The largest absolute Gasteiger partial charge is 0.497 e. The first-order valence-corrected chi connectivity index (χ1v) is 8.26. The number of sulfonamides is 1. The number of ether oxygens (including phenoxy) is 1. The number of benzene rings is 1.